The summed E-state index contributed by atoms with van der Waals surface area (Å²) < 4.78 is 5.45. The van der Waals surface area contributed by atoms with E-state index in [0.717, 1.165) is 22.6 Å². The van der Waals surface area contributed by atoms with Gasteiger partial charge in [-0.05, 0) is 13.0 Å². The highest BCUT2D eigenvalue weighted by molar-refractivity contribution is 8.00. The Morgan fingerprint density at radius 1 is 1.40 bits per heavy atom. The van der Waals surface area contributed by atoms with Crippen molar-refractivity contribution in [1.82, 2.24) is 10.2 Å². The Hall–Kier alpha value is -1.95. The average Bonchev–Trinajstić information content (AvgIpc) is 2.72. The van der Waals surface area contributed by atoms with Crippen LogP contribution in [0.2, 0.25) is 0 Å². The van der Waals surface area contributed by atoms with E-state index >= 15 is 0 Å². The summed E-state index contributed by atoms with van der Waals surface area (Å²) in [6.07, 6.45) is 0. The second-order valence-corrected chi connectivity index (χ2v) is 5.69. The maximum Gasteiger partial charge on any atom is 0.235 e. The number of amides is 1. The lowest BCUT2D eigenvalue weighted by atomic mass is 10.0. The molecule has 1 aromatic carbocycles. The minimum atomic E-state index is -0.0276. The standard InChI is InChI=1S/C14H15N3O2S/c1-8-12-13(9-5-3-4-6-10(9)19-2)20-7-11(18)15-14(12)17-16-8/h3-6,13H,7H2,1-2H3,(H2,15,16,17,18)/t13-/m0/s1. The number of ether oxygens (including phenoxy) is 1. The number of carbonyl (C=O) groups is 1. The Balaban J connectivity index is 2.13. The largest absolute Gasteiger partial charge is 0.496 e. The van der Waals surface area contributed by atoms with Gasteiger partial charge in [0.15, 0.2) is 5.82 Å². The van der Waals surface area contributed by atoms with Crippen LogP contribution in [-0.2, 0) is 4.79 Å². The number of aromatic nitrogens is 2. The quantitative estimate of drug-likeness (QED) is 0.891. The monoisotopic (exact) mass is 289 g/mol. The fourth-order valence-corrected chi connectivity index (χ4v) is 3.61. The molecule has 2 heterocycles. The number of methoxy groups -OCH3 is 1. The predicted octanol–water partition coefficient (Wildman–Crippen LogP) is 2.50. The third-order valence-corrected chi connectivity index (χ3v) is 4.57. The third-order valence-electron chi connectivity index (χ3n) is 3.32. The van der Waals surface area contributed by atoms with Gasteiger partial charge in [0.25, 0.3) is 0 Å². The number of H-pyrrole nitrogens is 1. The van der Waals surface area contributed by atoms with Crippen LogP contribution in [0.1, 0.15) is 22.1 Å². The molecule has 6 heteroatoms. The third kappa shape index (κ3) is 2.16. The summed E-state index contributed by atoms with van der Waals surface area (Å²) in [6, 6.07) is 7.89. The van der Waals surface area contributed by atoms with Gasteiger partial charge in [0.05, 0.1) is 18.1 Å². The van der Waals surface area contributed by atoms with Crippen molar-refractivity contribution in [3.8, 4) is 5.75 Å². The number of thioether (sulfide) groups is 1. The molecule has 0 saturated heterocycles. The first-order chi connectivity index (χ1) is 9.70. The molecule has 1 aliphatic heterocycles. The average molecular weight is 289 g/mol. The van der Waals surface area contributed by atoms with Crippen LogP contribution < -0.4 is 10.1 Å². The SMILES string of the molecule is COc1ccccc1[C@@H]1SCC(=O)Nc2n[nH]c(C)c21. The van der Waals surface area contributed by atoms with E-state index in [1.165, 1.54) is 0 Å². The van der Waals surface area contributed by atoms with E-state index in [9.17, 15) is 4.79 Å². The van der Waals surface area contributed by atoms with Crippen LogP contribution in [0.15, 0.2) is 24.3 Å². The summed E-state index contributed by atoms with van der Waals surface area (Å²) in [4.78, 5) is 11.8. The van der Waals surface area contributed by atoms with Gasteiger partial charge in [-0.2, -0.15) is 5.10 Å². The molecule has 5 nitrogen and oxygen atoms in total. The summed E-state index contributed by atoms with van der Waals surface area (Å²) in [7, 11) is 1.66. The molecule has 0 fully saturated rings. The van der Waals surface area contributed by atoms with E-state index in [-0.39, 0.29) is 11.2 Å². The van der Waals surface area contributed by atoms with E-state index < -0.39 is 0 Å². The summed E-state index contributed by atoms with van der Waals surface area (Å²) >= 11 is 1.58. The number of nitrogens with zero attached hydrogens (tertiary/aromatic N) is 1. The van der Waals surface area contributed by atoms with Gasteiger partial charge < -0.3 is 10.1 Å². The van der Waals surface area contributed by atoms with Crippen molar-refractivity contribution < 1.29 is 9.53 Å². The molecular weight excluding hydrogens is 274 g/mol. The number of aryl methyl sites for hydroxylation is 1. The molecule has 2 N–H and O–H groups in total. The van der Waals surface area contributed by atoms with Crippen LogP contribution in [0.4, 0.5) is 5.82 Å². The maximum atomic E-state index is 11.8. The number of hydrogen-bond donors (Lipinski definition) is 2. The van der Waals surface area contributed by atoms with Crippen LogP contribution in [0.5, 0.6) is 5.75 Å². The molecule has 0 spiro atoms. The molecule has 1 aromatic heterocycles. The van der Waals surface area contributed by atoms with Crippen LogP contribution in [0.3, 0.4) is 0 Å². The number of nitrogens with one attached hydrogen (secondary N) is 2. The van der Waals surface area contributed by atoms with Gasteiger partial charge in [-0.25, -0.2) is 0 Å². The van der Waals surface area contributed by atoms with E-state index in [1.54, 1.807) is 18.9 Å². The van der Waals surface area contributed by atoms with Gasteiger partial charge in [-0.3, -0.25) is 9.89 Å². The normalized spacial score (nSPS) is 18.1. The summed E-state index contributed by atoms with van der Waals surface area (Å²) in [6.45, 7) is 1.96. The second kappa shape index (κ2) is 5.20. The zero-order chi connectivity index (χ0) is 14.1. The Bertz CT molecular complexity index is 654. The van der Waals surface area contributed by atoms with Crippen molar-refractivity contribution in [1.29, 1.82) is 0 Å². The lowest BCUT2D eigenvalue weighted by Crippen LogP contribution is -2.12. The lowest BCUT2D eigenvalue weighted by Gasteiger charge is -2.17. The minimum absolute atomic E-state index is 0.0267. The smallest absolute Gasteiger partial charge is 0.235 e. The number of fused-ring (bicyclic) bond motifs is 1. The molecule has 1 aliphatic rings. The van der Waals surface area contributed by atoms with Crippen LogP contribution in [0.25, 0.3) is 0 Å². The molecule has 2 aromatic rings. The van der Waals surface area contributed by atoms with E-state index in [4.69, 9.17) is 4.74 Å². The Labute approximate surface area is 121 Å². The number of para-hydroxylation sites is 1. The first kappa shape index (κ1) is 13.1. The number of aromatic amines is 1. The number of carbonyl (C=O) groups excluding carboxylic acids is 1. The number of hydrogen-bond acceptors (Lipinski definition) is 4. The molecule has 1 atom stereocenters. The van der Waals surface area contributed by atoms with Crippen molar-refractivity contribution >= 4 is 23.5 Å². The molecule has 104 valence electrons. The molecule has 0 radical (unpaired) electrons. The highest BCUT2D eigenvalue weighted by atomic mass is 32.2. The van der Waals surface area contributed by atoms with Crippen LogP contribution >= 0.6 is 11.8 Å². The topological polar surface area (TPSA) is 67.0 Å². The van der Waals surface area contributed by atoms with Gasteiger partial charge in [0, 0.05) is 16.8 Å². The molecule has 0 saturated carbocycles. The van der Waals surface area contributed by atoms with E-state index in [1.807, 2.05) is 31.2 Å². The second-order valence-electron chi connectivity index (χ2n) is 4.59. The highest BCUT2D eigenvalue weighted by Crippen LogP contribution is 2.44. The highest BCUT2D eigenvalue weighted by Gasteiger charge is 2.29. The number of benzene rings is 1. The first-order valence-electron chi connectivity index (χ1n) is 6.30. The van der Waals surface area contributed by atoms with Gasteiger partial charge in [-0.15, -0.1) is 11.8 Å². The Kier molecular flexibility index (Phi) is 3.40. The van der Waals surface area contributed by atoms with Crippen LogP contribution in [0, 0.1) is 6.92 Å². The van der Waals surface area contributed by atoms with Gasteiger partial charge in [-0.1, -0.05) is 18.2 Å². The molecule has 1 amide bonds. The van der Waals surface area contributed by atoms with Gasteiger partial charge in [0.2, 0.25) is 5.91 Å². The van der Waals surface area contributed by atoms with Crippen LogP contribution in [-0.4, -0.2) is 29.0 Å². The minimum Gasteiger partial charge on any atom is -0.496 e. The van der Waals surface area contributed by atoms with Gasteiger partial charge in [0.1, 0.15) is 5.75 Å². The zero-order valence-electron chi connectivity index (χ0n) is 11.3. The number of rotatable bonds is 2. The molecule has 0 unspecified atom stereocenters. The molecule has 0 bridgehead atoms. The predicted molar refractivity (Wildman–Crippen MR) is 79.2 cm³/mol. The fourth-order valence-electron chi connectivity index (χ4n) is 2.39. The Morgan fingerprint density at radius 3 is 3.00 bits per heavy atom. The van der Waals surface area contributed by atoms with E-state index in [0.29, 0.717) is 11.6 Å². The van der Waals surface area contributed by atoms with Crippen molar-refractivity contribution in [2.24, 2.45) is 0 Å². The summed E-state index contributed by atoms with van der Waals surface area (Å²) in [5, 5.41) is 10.00. The summed E-state index contributed by atoms with van der Waals surface area (Å²) in [5.41, 5.74) is 3.04. The van der Waals surface area contributed by atoms with Crippen molar-refractivity contribution in [3.63, 3.8) is 0 Å². The van der Waals surface area contributed by atoms with Crippen molar-refractivity contribution in [2.45, 2.75) is 12.2 Å². The maximum absolute atomic E-state index is 11.8. The summed E-state index contributed by atoms with van der Waals surface area (Å²) in [5.74, 6) is 1.82. The molecule has 20 heavy (non-hydrogen) atoms. The fraction of sp³-hybridized carbons (Fsp3) is 0.286. The molecule has 0 aliphatic carbocycles. The number of anilines is 1. The van der Waals surface area contributed by atoms with Gasteiger partial charge >= 0.3 is 0 Å². The van der Waals surface area contributed by atoms with E-state index in [2.05, 4.69) is 15.5 Å². The van der Waals surface area contributed by atoms with Crippen molar-refractivity contribution in [3.05, 3.63) is 41.1 Å². The lowest BCUT2D eigenvalue weighted by molar-refractivity contribution is -0.113. The Morgan fingerprint density at radius 2 is 2.20 bits per heavy atom. The zero-order valence-corrected chi connectivity index (χ0v) is 12.1. The first-order valence-corrected chi connectivity index (χ1v) is 7.35. The van der Waals surface area contributed by atoms with Crippen molar-refractivity contribution in [2.75, 3.05) is 18.2 Å². The molecule has 3 rings (SSSR count). The molecular formula is C14H15N3O2S.